The van der Waals surface area contributed by atoms with E-state index >= 15 is 0 Å². The molecule has 0 aromatic rings. The van der Waals surface area contributed by atoms with Crippen LogP contribution in [0.3, 0.4) is 0 Å². The lowest BCUT2D eigenvalue weighted by Crippen LogP contribution is -2.52. The third kappa shape index (κ3) is 8.33. The highest BCUT2D eigenvalue weighted by Gasteiger charge is 2.42. The molecule has 2 atom stereocenters. The fourth-order valence-electron chi connectivity index (χ4n) is 1.63. The van der Waals surface area contributed by atoms with Gasteiger partial charge in [-0.3, -0.25) is 0 Å². The Morgan fingerprint density at radius 1 is 0.846 bits per heavy atom. The Bertz CT molecular complexity index is 438. The molecule has 4 nitrogen and oxygen atoms in total. The molecule has 0 aliphatic heterocycles. The van der Waals surface area contributed by atoms with E-state index in [1.54, 1.807) is 0 Å². The lowest BCUT2D eigenvalue weighted by Gasteiger charge is -2.41. The van der Waals surface area contributed by atoms with Crippen LogP contribution in [0.15, 0.2) is 0 Å². The summed E-state index contributed by atoms with van der Waals surface area (Å²) in [5, 5.41) is 0.293. The van der Waals surface area contributed by atoms with Crippen molar-refractivity contribution in [2.75, 3.05) is 13.2 Å². The van der Waals surface area contributed by atoms with Gasteiger partial charge in [0.2, 0.25) is 0 Å². The third-order valence-electron chi connectivity index (χ3n) is 5.70. The number of hydrogen-bond donors (Lipinski definition) is 1. The number of rotatable bonds is 8. The van der Waals surface area contributed by atoms with Crippen LogP contribution in [0.1, 0.15) is 62.3 Å². The second kappa shape index (κ2) is 8.97. The average molecular weight is 424 g/mol. The summed E-state index contributed by atoms with van der Waals surface area (Å²) >= 11 is -1.11. The molecule has 0 aliphatic carbocycles. The van der Waals surface area contributed by atoms with E-state index < -0.39 is 28.0 Å². The lowest BCUT2D eigenvalue weighted by atomic mass is 10.2. The maximum absolute atomic E-state index is 12.4. The number of hydrogen-bond acceptors (Lipinski definition) is 4. The summed E-state index contributed by atoms with van der Waals surface area (Å²) in [5.41, 5.74) is 0. The van der Waals surface area contributed by atoms with Gasteiger partial charge >= 0.3 is 0 Å². The molecule has 7 heteroatoms. The number of nitrogens with one attached hydrogen (secondary N) is 1. The first-order valence-corrected chi connectivity index (χ1v) is 16.6. The molecule has 158 valence electrons. The highest BCUT2D eigenvalue weighted by molar-refractivity contribution is 7.90. The van der Waals surface area contributed by atoms with E-state index in [0.717, 1.165) is 0 Å². The largest absolute Gasteiger partial charge is 0.598 e. The maximum atomic E-state index is 12.4. The monoisotopic (exact) mass is 423 g/mol. The van der Waals surface area contributed by atoms with Crippen molar-refractivity contribution in [1.82, 2.24) is 4.72 Å². The molecule has 0 rings (SSSR count). The van der Waals surface area contributed by atoms with Crippen LogP contribution < -0.4 is 4.72 Å². The van der Waals surface area contributed by atoms with Gasteiger partial charge in [0.1, 0.15) is 4.75 Å². The molecule has 0 fully saturated rings. The molecule has 1 N–H and O–H groups in total. The van der Waals surface area contributed by atoms with E-state index in [1.165, 1.54) is 0 Å². The van der Waals surface area contributed by atoms with E-state index in [-0.39, 0.29) is 20.9 Å². The van der Waals surface area contributed by atoms with Crippen molar-refractivity contribution in [2.24, 2.45) is 0 Å². The molecule has 26 heavy (non-hydrogen) atoms. The standard InChI is InChI=1S/C19H45NO3SSi2/c1-17(2,3)24(21)20-14-16(23-26(12,13)19(7,8)9)15-22-25(10,11)18(4,5)6/h16,20H,14-15H2,1-13H3/t16-,24-/m0/s1. The minimum absolute atomic E-state index is 0.0867. The van der Waals surface area contributed by atoms with Crippen molar-refractivity contribution in [3.05, 3.63) is 0 Å². The molecule has 0 saturated carbocycles. The van der Waals surface area contributed by atoms with E-state index in [0.29, 0.717) is 13.2 Å². The average Bonchev–Trinajstić information content (AvgIpc) is 2.37. The fraction of sp³-hybridized carbons (Fsp3) is 1.00. The van der Waals surface area contributed by atoms with Gasteiger partial charge in [-0.1, -0.05) is 41.5 Å². The van der Waals surface area contributed by atoms with Crippen LogP contribution in [0.5, 0.6) is 0 Å². The van der Waals surface area contributed by atoms with Gasteiger partial charge in [0.25, 0.3) is 0 Å². The van der Waals surface area contributed by atoms with Crippen molar-refractivity contribution in [2.45, 2.75) is 109 Å². The van der Waals surface area contributed by atoms with Gasteiger partial charge in [-0.05, 0) is 57.0 Å². The second-order valence-electron chi connectivity index (χ2n) is 11.3. The zero-order valence-corrected chi connectivity index (χ0v) is 22.4. The van der Waals surface area contributed by atoms with Crippen LogP contribution in [-0.2, 0) is 20.2 Å². The Labute approximate surface area is 168 Å². The molecule has 0 saturated heterocycles. The first-order valence-electron chi connectivity index (χ1n) is 9.68. The summed E-state index contributed by atoms with van der Waals surface area (Å²) in [6.07, 6.45) is -0.0867. The molecule has 0 aromatic heterocycles. The quantitative estimate of drug-likeness (QED) is 0.416. The summed E-state index contributed by atoms with van der Waals surface area (Å²) in [7, 11) is -3.78. The summed E-state index contributed by atoms with van der Waals surface area (Å²) in [6, 6.07) is 0. The van der Waals surface area contributed by atoms with Crippen LogP contribution in [0.4, 0.5) is 0 Å². The van der Waals surface area contributed by atoms with Crippen molar-refractivity contribution in [3.63, 3.8) is 0 Å². The predicted molar refractivity (Wildman–Crippen MR) is 121 cm³/mol. The Balaban J connectivity index is 5.18. The smallest absolute Gasteiger partial charge is 0.192 e. The van der Waals surface area contributed by atoms with Gasteiger partial charge in [0, 0.05) is 11.4 Å². The van der Waals surface area contributed by atoms with Gasteiger partial charge in [-0.15, -0.1) is 4.72 Å². The Hall–Kier alpha value is 0.624. The second-order valence-corrected chi connectivity index (χ2v) is 22.9. The lowest BCUT2D eigenvalue weighted by molar-refractivity contribution is 0.110. The molecule has 0 heterocycles. The molecule has 0 aliphatic rings. The minimum Gasteiger partial charge on any atom is -0.598 e. The maximum Gasteiger partial charge on any atom is 0.192 e. The summed E-state index contributed by atoms with van der Waals surface area (Å²) in [6.45, 7) is 29.5. The molecule has 0 unspecified atom stereocenters. The molecule has 0 radical (unpaired) electrons. The molecule has 0 spiro atoms. The molecule has 0 bridgehead atoms. The third-order valence-corrected chi connectivity index (χ3v) is 16.3. The zero-order valence-electron chi connectivity index (χ0n) is 19.6. The van der Waals surface area contributed by atoms with Gasteiger partial charge in [-0.2, -0.15) is 0 Å². The minimum atomic E-state index is -1.93. The van der Waals surface area contributed by atoms with Crippen molar-refractivity contribution in [3.8, 4) is 0 Å². The normalized spacial score (nSPS) is 17.3. The van der Waals surface area contributed by atoms with Crippen LogP contribution in [0.2, 0.25) is 36.3 Å². The summed E-state index contributed by atoms with van der Waals surface area (Å²) in [5.74, 6) is 0. The molecule has 0 aromatic carbocycles. The molecular weight excluding hydrogens is 378 g/mol. The summed E-state index contributed by atoms with van der Waals surface area (Å²) in [4.78, 5) is 0. The van der Waals surface area contributed by atoms with Crippen molar-refractivity contribution < 1.29 is 13.4 Å². The van der Waals surface area contributed by atoms with Gasteiger partial charge in [0.05, 0.1) is 19.3 Å². The fourth-order valence-corrected chi connectivity index (χ4v) is 4.78. The van der Waals surface area contributed by atoms with E-state index in [9.17, 15) is 4.55 Å². The van der Waals surface area contributed by atoms with E-state index in [1.807, 2.05) is 20.8 Å². The summed E-state index contributed by atoms with van der Waals surface area (Å²) < 4.78 is 28.3. The molecular formula is C19H45NO3SSi2. The Kier molecular flexibility index (Phi) is 9.18. The zero-order chi connectivity index (χ0) is 21.2. The van der Waals surface area contributed by atoms with E-state index in [2.05, 4.69) is 72.5 Å². The van der Waals surface area contributed by atoms with Gasteiger partial charge in [0.15, 0.2) is 16.6 Å². The first kappa shape index (κ1) is 26.6. The Morgan fingerprint density at radius 3 is 1.62 bits per heavy atom. The van der Waals surface area contributed by atoms with Crippen LogP contribution in [-0.4, -0.2) is 45.2 Å². The van der Waals surface area contributed by atoms with Gasteiger partial charge < -0.3 is 13.4 Å². The van der Waals surface area contributed by atoms with Crippen LogP contribution in [0.25, 0.3) is 0 Å². The SMILES string of the molecule is CC(C)(C)[S@+]([O-])NC[C@@H](CO[Si](C)(C)C(C)(C)C)O[Si](C)(C)C(C)(C)C. The van der Waals surface area contributed by atoms with Crippen molar-refractivity contribution >= 4 is 28.0 Å². The topological polar surface area (TPSA) is 53.5 Å². The highest BCUT2D eigenvalue weighted by Crippen LogP contribution is 2.39. The Morgan fingerprint density at radius 2 is 1.27 bits per heavy atom. The molecule has 0 amide bonds. The predicted octanol–water partition coefficient (Wildman–Crippen LogP) is 5.45. The van der Waals surface area contributed by atoms with E-state index in [4.69, 9.17) is 8.85 Å². The van der Waals surface area contributed by atoms with Crippen LogP contribution >= 0.6 is 0 Å². The van der Waals surface area contributed by atoms with Gasteiger partial charge in [-0.25, -0.2) is 0 Å². The van der Waals surface area contributed by atoms with Crippen LogP contribution in [0, 0.1) is 0 Å². The highest BCUT2D eigenvalue weighted by atomic mass is 32.2. The first-order chi connectivity index (χ1) is 11.2. The van der Waals surface area contributed by atoms with Crippen molar-refractivity contribution in [1.29, 1.82) is 0 Å².